The number of hydrogen-bond donors (Lipinski definition) is 1. The first kappa shape index (κ1) is 19.2. The summed E-state index contributed by atoms with van der Waals surface area (Å²) in [5.74, 6) is 0.680. The van der Waals surface area contributed by atoms with Crippen LogP contribution in [0.2, 0.25) is 0 Å². The first-order chi connectivity index (χ1) is 12.4. The van der Waals surface area contributed by atoms with Crippen molar-refractivity contribution in [3.05, 3.63) is 5.82 Å². The molecule has 146 valence electrons. The smallest absolute Gasteiger partial charge is 0.241 e. The predicted octanol–water partition coefficient (Wildman–Crippen LogP) is -0.943. The third-order valence-corrected chi connectivity index (χ3v) is 6.27. The highest BCUT2D eigenvalue weighted by Gasteiger charge is 2.26. The van der Waals surface area contributed by atoms with Crippen molar-refractivity contribution < 1.29 is 13.2 Å². The lowest BCUT2D eigenvalue weighted by molar-refractivity contribution is -0.122. The molecule has 1 aromatic rings. The number of aromatic nitrogens is 4. The molecule has 2 aliphatic rings. The Hall–Kier alpha value is -1.59. The predicted molar refractivity (Wildman–Crippen MR) is 94.5 cm³/mol. The van der Waals surface area contributed by atoms with Crippen molar-refractivity contribution in [2.45, 2.75) is 38.8 Å². The SMILES string of the molecule is CS(=O)(=O)N1CCC[C@@H](CNC(=O)Cn2nnnc2CN2CCCC2)C1. The number of carbonyl (C=O) groups excluding carboxylic acids is 1. The fourth-order valence-electron chi connectivity index (χ4n) is 3.54. The molecule has 0 unspecified atom stereocenters. The Balaban J connectivity index is 1.46. The number of carbonyl (C=O) groups is 1. The van der Waals surface area contributed by atoms with Crippen molar-refractivity contribution in [2.75, 3.05) is 39.0 Å². The number of rotatable bonds is 7. The van der Waals surface area contributed by atoms with Gasteiger partial charge in [0, 0.05) is 19.6 Å². The number of likely N-dealkylation sites (tertiary alicyclic amines) is 1. The second-order valence-electron chi connectivity index (χ2n) is 7.17. The van der Waals surface area contributed by atoms with E-state index in [1.54, 1.807) is 0 Å². The van der Waals surface area contributed by atoms with Crippen molar-refractivity contribution in [1.29, 1.82) is 0 Å². The van der Waals surface area contributed by atoms with Crippen LogP contribution in [0.1, 0.15) is 31.5 Å². The molecule has 1 aromatic heterocycles. The molecule has 1 amide bonds. The maximum Gasteiger partial charge on any atom is 0.241 e. The summed E-state index contributed by atoms with van der Waals surface area (Å²) in [6.07, 6.45) is 5.34. The van der Waals surface area contributed by atoms with Crippen molar-refractivity contribution in [2.24, 2.45) is 5.92 Å². The van der Waals surface area contributed by atoms with E-state index in [0.717, 1.165) is 25.9 Å². The lowest BCUT2D eigenvalue weighted by atomic mass is 10.00. The zero-order valence-corrected chi connectivity index (χ0v) is 16.0. The van der Waals surface area contributed by atoms with E-state index in [4.69, 9.17) is 0 Å². The molecular formula is C15H27N7O3S. The van der Waals surface area contributed by atoms with Crippen LogP contribution in [0.4, 0.5) is 0 Å². The summed E-state index contributed by atoms with van der Waals surface area (Å²) in [5.41, 5.74) is 0. The van der Waals surface area contributed by atoms with E-state index in [1.165, 1.54) is 28.1 Å². The minimum absolute atomic E-state index is 0.0820. The van der Waals surface area contributed by atoms with Gasteiger partial charge >= 0.3 is 0 Å². The van der Waals surface area contributed by atoms with Gasteiger partial charge in [-0.3, -0.25) is 9.69 Å². The van der Waals surface area contributed by atoms with Gasteiger partial charge < -0.3 is 5.32 Å². The Morgan fingerprint density at radius 1 is 1.23 bits per heavy atom. The average molecular weight is 385 g/mol. The van der Waals surface area contributed by atoms with Gasteiger partial charge in [0.05, 0.1) is 12.8 Å². The van der Waals surface area contributed by atoms with Crippen LogP contribution in [0.3, 0.4) is 0 Å². The van der Waals surface area contributed by atoms with E-state index in [0.29, 0.717) is 32.0 Å². The Morgan fingerprint density at radius 3 is 2.73 bits per heavy atom. The van der Waals surface area contributed by atoms with Gasteiger partial charge in [-0.05, 0) is 55.1 Å². The molecule has 0 spiro atoms. The number of sulfonamides is 1. The second kappa shape index (κ2) is 8.40. The highest BCUT2D eigenvalue weighted by atomic mass is 32.2. The van der Waals surface area contributed by atoms with Crippen LogP contribution < -0.4 is 5.32 Å². The maximum atomic E-state index is 12.2. The molecule has 0 bridgehead atoms. The quantitative estimate of drug-likeness (QED) is 0.644. The van der Waals surface area contributed by atoms with E-state index < -0.39 is 10.0 Å². The Labute approximate surface area is 154 Å². The van der Waals surface area contributed by atoms with E-state index >= 15 is 0 Å². The van der Waals surface area contributed by atoms with Crippen LogP contribution in [-0.2, 0) is 27.9 Å². The first-order valence-corrected chi connectivity index (χ1v) is 11.0. The average Bonchev–Trinajstić information content (AvgIpc) is 3.26. The van der Waals surface area contributed by atoms with Gasteiger partial charge in [0.25, 0.3) is 0 Å². The van der Waals surface area contributed by atoms with E-state index in [1.807, 2.05) is 0 Å². The molecule has 2 aliphatic heterocycles. The molecule has 0 saturated carbocycles. The molecular weight excluding hydrogens is 358 g/mol. The van der Waals surface area contributed by atoms with E-state index in [2.05, 4.69) is 25.7 Å². The van der Waals surface area contributed by atoms with Crippen molar-refractivity contribution in [3.63, 3.8) is 0 Å². The molecule has 2 saturated heterocycles. The summed E-state index contributed by atoms with van der Waals surface area (Å²) in [7, 11) is -3.17. The second-order valence-corrected chi connectivity index (χ2v) is 9.15. The largest absolute Gasteiger partial charge is 0.354 e. The number of nitrogens with one attached hydrogen (secondary N) is 1. The van der Waals surface area contributed by atoms with Gasteiger partial charge in [0.15, 0.2) is 5.82 Å². The van der Waals surface area contributed by atoms with E-state index in [-0.39, 0.29) is 18.4 Å². The number of amides is 1. The normalized spacial score (nSPS) is 22.6. The summed E-state index contributed by atoms with van der Waals surface area (Å²) in [6.45, 7) is 4.31. The minimum Gasteiger partial charge on any atom is -0.354 e. The fraction of sp³-hybridized carbons (Fsp3) is 0.867. The Morgan fingerprint density at radius 2 is 2.00 bits per heavy atom. The molecule has 26 heavy (non-hydrogen) atoms. The van der Waals surface area contributed by atoms with Crippen LogP contribution in [-0.4, -0.2) is 82.7 Å². The Kier molecular flexibility index (Phi) is 6.20. The number of hydrogen-bond acceptors (Lipinski definition) is 7. The molecule has 11 heteroatoms. The van der Waals surface area contributed by atoms with Gasteiger partial charge in [0.2, 0.25) is 15.9 Å². The highest BCUT2D eigenvalue weighted by molar-refractivity contribution is 7.88. The van der Waals surface area contributed by atoms with Gasteiger partial charge in [-0.1, -0.05) is 0 Å². The van der Waals surface area contributed by atoms with Crippen molar-refractivity contribution >= 4 is 15.9 Å². The molecule has 3 rings (SSSR count). The highest BCUT2D eigenvalue weighted by Crippen LogP contribution is 2.18. The molecule has 0 radical (unpaired) electrons. The Bertz CT molecular complexity index is 715. The van der Waals surface area contributed by atoms with Gasteiger partial charge in [-0.2, -0.15) is 0 Å². The molecule has 3 heterocycles. The number of nitrogens with zero attached hydrogens (tertiary/aromatic N) is 6. The van der Waals surface area contributed by atoms with Crippen LogP contribution in [0.15, 0.2) is 0 Å². The minimum atomic E-state index is -3.17. The number of tetrazole rings is 1. The zero-order chi connectivity index (χ0) is 18.6. The van der Waals surface area contributed by atoms with Crippen molar-refractivity contribution in [1.82, 2.24) is 34.7 Å². The summed E-state index contributed by atoms with van der Waals surface area (Å²) in [6, 6.07) is 0. The van der Waals surface area contributed by atoms with Gasteiger partial charge in [0.1, 0.15) is 6.54 Å². The third-order valence-electron chi connectivity index (χ3n) is 5.00. The summed E-state index contributed by atoms with van der Waals surface area (Å²) < 4.78 is 26.4. The van der Waals surface area contributed by atoms with Crippen LogP contribution in [0, 0.1) is 5.92 Å². The summed E-state index contributed by atoms with van der Waals surface area (Å²) >= 11 is 0. The lowest BCUT2D eigenvalue weighted by Gasteiger charge is -2.30. The number of piperidine rings is 1. The summed E-state index contributed by atoms with van der Waals surface area (Å²) in [5, 5.41) is 14.5. The molecule has 1 N–H and O–H groups in total. The molecule has 0 aliphatic carbocycles. The topological polar surface area (TPSA) is 113 Å². The molecule has 0 aromatic carbocycles. The zero-order valence-electron chi connectivity index (χ0n) is 15.2. The van der Waals surface area contributed by atoms with Gasteiger partial charge in [-0.15, -0.1) is 5.10 Å². The first-order valence-electron chi connectivity index (χ1n) is 9.11. The standard InChI is InChI=1S/C15H27N7O3S/c1-26(24,25)21-8-4-5-13(10-21)9-16-15(23)12-22-14(17-18-19-22)11-20-6-2-3-7-20/h13H,2-12H2,1H3,(H,16,23)/t13-/m0/s1. The molecule has 1 atom stereocenters. The van der Waals surface area contributed by atoms with Crippen molar-refractivity contribution in [3.8, 4) is 0 Å². The van der Waals surface area contributed by atoms with Crippen LogP contribution in [0.5, 0.6) is 0 Å². The fourth-order valence-corrected chi connectivity index (χ4v) is 4.49. The van der Waals surface area contributed by atoms with Gasteiger partial charge in [-0.25, -0.2) is 17.4 Å². The van der Waals surface area contributed by atoms with E-state index in [9.17, 15) is 13.2 Å². The molecule has 10 nitrogen and oxygen atoms in total. The maximum absolute atomic E-state index is 12.2. The summed E-state index contributed by atoms with van der Waals surface area (Å²) in [4.78, 5) is 14.5. The molecule has 2 fully saturated rings. The lowest BCUT2D eigenvalue weighted by Crippen LogP contribution is -2.43. The van der Waals surface area contributed by atoms with Crippen LogP contribution >= 0.6 is 0 Å². The third kappa shape index (κ3) is 5.21. The van der Waals surface area contributed by atoms with Crippen LogP contribution in [0.25, 0.3) is 0 Å². The monoisotopic (exact) mass is 385 g/mol.